The Morgan fingerprint density at radius 2 is 2.15 bits per heavy atom. The topological polar surface area (TPSA) is 67.1 Å². The Kier molecular flexibility index (Phi) is 3.46. The van der Waals surface area contributed by atoms with Crippen LogP contribution in [0.5, 0.6) is 0 Å². The largest absolute Gasteiger partial charge is 0.449 e. The van der Waals surface area contributed by atoms with E-state index in [-0.39, 0.29) is 5.56 Å². The maximum atomic E-state index is 12.5. The van der Waals surface area contributed by atoms with Crippen LogP contribution in [-0.2, 0) is 13.6 Å². The molecule has 5 rings (SSSR count). The van der Waals surface area contributed by atoms with Gasteiger partial charge in [0.1, 0.15) is 16.9 Å². The fraction of sp³-hybridized carbons (Fsp3) is 0.300. The van der Waals surface area contributed by atoms with Crippen molar-refractivity contribution in [2.45, 2.75) is 25.4 Å². The van der Waals surface area contributed by atoms with E-state index in [1.807, 2.05) is 24.3 Å². The highest BCUT2D eigenvalue weighted by Crippen LogP contribution is 2.33. The van der Waals surface area contributed by atoms with Crippen LogP contribution in [0.4, 0.5) is 0 Å². The first-order chi connectivity index (χ1) is 12.7. The monoisotopic (exact) mass is 348 g/mol. The number of hydrogen-bond acceptors (Lipinski definition) is 4. The molecule has 1 fully saturated rings. The van der Waals surface area contributed by atoms with Gasteiger partial charge in [0.25, 0.3) is 5.56 Å². The van der Waals surface area contributed by atoms with E-state index in [9.17, 15) is 4.79 Å². The molecule has 0 spiro atoms. The average Bonchev–Trinajstić information content (AvgIpc) is 3.34. The summed E-state index contributed by atoms with van der Waals surface area (Å²) in [6, 6.07) is 12.3. The first-order valence-corrected chi connectivity index (χ1v) is 8.96. The summed E-state index contributed by atoms with van der Waals surface area (Å²) in [7, 11) is 2.08. The third kappa shape index (κ3) is 2.37. The van der Waals surface area contributed by atoms with Crippen LogP contribution in [0, 0.1) is 0 Å². The zero-order chi connectivity index (χ0) is 17.7. The number of aryl methyl sites for hydroxylation is 1. The molecule has 6 heteroatoms. The summed E-state index contributed by atoms with van der Waals surface area (Å²) in [5, 5.41) is 0.884. The second-order valence-electron chi connectivity index (χ2n) is 6.96. The molecule has 1 aliphatic rings. The van der Waals surface area contributed by atoms with Crippen LogP contribution >= 0.6 is 0 Å². The van der Waals surface area contributed by atoms with Crippen molar-refractivity contribution in [3.8, 4) is 0 Å². The number of aromatic amines is 1. The Morgan fingerprint density at radius 3 is 3.00 bits per heavy atom. The zero-order valence-electron chi connectivity index (χ0n) is 14.6. The minimum atomic E-state index is -0.212. The summed E-state index contributed by atoms with van der Waals surface area (Å²) in [6.07, 6.45) is 4.35. The molecule has 0 bridgehead atoms. The second-order valence-corrected chi connectivity index (χ2v) is 6.96. The van der Waals surface area contributed by atoms with Gasteiger partial charge in [-0.1, -0.05) is 12.1 Å². The number of likely N-dealkylation sites (tertiary alicyclic amines) is 1. The smallest absolute Gasteiger partial charge is 0.294 e. The van der Waals surface area contributed by atoms with Crippen molar-refractivity contribution in [1.82, 2.24) is 19.4 Å². The maximum absolute atomic E-state index is 12.5. The van der Waals surface area contributed by atoms with Gasteiger partial charge in [0.2, 0.25) is 5.58 Å². The lowest BCUT2D eigenvalue weighted by molar-refractivity contribution is 0.235. The van der Waals surface area contributed by atoms with Crippen LogP contribution in [0.1, 0.15) is 30.4 Å². The van der Waals surface area contributed by atoms with Crippen molar-refractivity contribution >= 4 is 22.1 Å². The number of furan rings is 1. The highest BCUT2D eigenvalue weighted by Gasteiger charge is 2.28. The van der Waals surface area contributed by atoms with Crippen molar-refractivity contribution in [2.24, 2.45) is 7.05 Å². The third-order valence-electron chi connectivity index (χ3n) is 5.32. The second kappa shape index (κ2) is 5.85. The van der Waals surface area contributed by atoms with Gasteiger partial charge in [0.05, 0.1) is 12.6 Å². The van der Waals surface area contributed by atoms with Gasteiger partial charge < -0.3 is 14.0 Å². The predicted octanol–water partition coefficient (Wildman–Crippen LogP) is 3.34. The van der Waals surface area contributed by atoms with Crippen molar-refractivity contribution in [1.29, 1.82) is 0 Å². The van der Waals surface area contributed by atoms with Gasteiger partial charge >= 0.3 is 0 Å². The minimum absolute atomic E-state index is 0.212. The Morgan fingerprint density at radius 1 is 1.27 bits per heavy atom. The number of benzene rings is 1. The van der Waals surface area contributed by atoms with E-state index in [0.717, 1.165) is 24.8 Å². The fourth-order valence-corrected chi connectivity index (χ4v) is 4.09. The Bertz CT molecular complexity index is 1150. The summed E-state index contributed by atoms with van der Waals surface area (Å²) < 4.78 is 7.85. The van der Waals surface area contributed by atoms with Gasteiger partial charge in [-0.05, 0) is 43.7 Å². The highest BCUT2D eigenvalue weighted by atomic mass is 16.3. The predicted molar refractivity (Wildman–Crippen MR) is 99.9 cm³/mol. The molecule has 0 aliphatic carbocycles. The maximum Gasteiger partial charge on any atom is 0.294 e. The van der Waals surface area contributed by atoms with E-state index < -0.39 is 0 Å². The van der Waals surface area contributed by atoms with Crippen molar-refractivity contribution in [2.75, 3.05) is 6.54 Å². The van der Waals surface area contributed by atoms with E-state index in [1.54, 1.807) is 0 Å². The van der Waals surface area contributed by atoms with Crippen molar-refractivity contribution < 1.29 is 4.42 Å². The number of para-hydroxylation sites is 1. The lowest BCUT2D eigenvalue weighted by Crippen LogP contribution is -2.26. The van der Waals surface area contributed by atoms with E-state index >= 15 is 0 Å². The summed E-state index contributed by atoms with van der Waals surface area (Å²) >= 11 is 0. The number of hydrogen-bond donors (Lipinski definition) is 1. The zero-order valence-corrected chi connectivity index (χ0v) is 14.6. The molecule has 0 saturated carbocycles. The van der Waals surface area contributed by atoms with Gasteiger partial charge in [-0.25, -0.2) is 4.98 Å². The van der Waals surface area contributed by atoms with Crippen LogP contribution in [0.15, 0.2) is 51.8 Å². The summed E-state index contributed by atoms with van der Waals surface area (Å²) in [4.78, 5) is 22.5. The lowest BCUT2D eigenvalue weighted by atomic mass is 10.1. The molecule has 1 atom stereocenters. The highest BCUT2D eigenvalue weighted by molar-refractivity contribution is 6.01. The van der Waals surface area contributed by atoms with E-state index in [4.69, 9.17) is 9.40 Å². The van der Waals surface area contributed by atoms with Crippen LogP contribution in [0.25, 0.3) is 22.1 Å². The standard InChI is InChI=1S/C20H20N4O2/c1-23-10-4-7-14(23)15-8-5-11-24(15)12-17-21-18-13-6-2-3-9-16(13)26-19(18)20(25)22-17/h2-4,6-7,9-10,15H,5,8,11-12H2,1H3,(H,21,22,25)/t15-/m1/s1. The summed E-state index contributed by atoms with van der Waals surface area (Å²) in [5.41, 5.74) is 2.74. The van der Waals surface area contributed by atoms with Crippen molar-refractivity contribution in [3.63, 3.8) is 0 Å². The van der Waals surface area contributed by atoms with E-state index in [1.165, 1.54) is 5.69 Å². The summed E-state index contributed by atoms with van der Waals surface area (Å²) in [6.45, 7) is 1.63. The molecule has 1 N–H and O–H groups in total. The van der Waals surface area contributed by atoms with Gasteiger partial charge in [-0.3, -0.25) is 9.69 Å². The molecule has 1 aliphatic heterocycles. The number of rotatable bonds is 3. The molecule has 0 radical (unpaired) electrons. The van der Waals surface area contributed by atoms with Gasteiger partial charge in [-0.2, -0.15) is 0 Å². The third-order valence-corrected chi connectivity index (χ3v) is 5.32. The Balaban J connectivity index is 1.54. The molecule has 26 heavy (non-hydrogen) atoms. The number of H-pyrrole nitrogens is 1. The number of aromatic nitrogens is 3. The number of fused-ring (bicyclic) bond motifs is 3. The molecule has 4 heterocycles. The summed E-state index contributed by atoms with van der Waals surface area (Å²) in [5.74, 6) is 0.690. The molecular formula is C20H20N4O2. The molecule has 0 unspecified atom stereocenters. The number of nitrogens with zero attached hydrogens (tertiary/aromatic N) is 3. The van der Waals surface area contributed by atoms with E-state index in [0.29, 0.717) is 35.1 Å². The first kappa shape index (κ1) is 15.4. The normalized spacial score (nSPS) is 18.3. The van der Waals surface area contributed by atoms with Crippen LogP contribution in [0.3, 0.4) is 0 Å². The molecule has 4 aromatic rings. The quantitative estimate of drug-likeness (QED) is 0.617. The Labute approximate surface area is 150 Å². The molecule has 0 amide bonds. The van der Waals surface area contributed by atoms with Gasteiger partial charge in [0, 0.05) is 24.3 Å². The minimum Gasteiger partial charge on any atom is -0.449 e. The van der Waals surface area contributed by atoms with Crippen LogP contribution in [0.2, 0.25) is 0 Å². The molecular weight excluding hydrogens is 328 g/mol. The average molecular weight is 348 g/mol. The first-order valence-electron chi connectivity index (χ1n) is 8.96. The van der Waals surface area contributed by atoms with Crippen LogP contribution in [-0.4, -0.2) is 26.0 Å². The molecule has 1 aromatic carbocycles. The molecule has 132 valence electrons. The Hall–Kier alpha value is -2.86. The molecule has 1 saturated heterocycles. The van der Waals surface area contributed by atoms with Crippen molar-refractivity contribution in [3.05, 3.63) is 64.5 Å². The van der Waals surface area contributed by atoms with Gasteiger partial charge in [-0.15, -0.1) is 0 Å². The molecule has 3 aromatic heterocycles. The SMILES string of the molecule is Cn1cccc1[C@H]1CCCN1Cc1nc2c(oc3ccccc32)c(=O)[nH]1. The lowest BCUT2D eigenvalue weighted by Gasteiger charge is -2.24. The van der Waals surface area contributed by atoms with Gasteiger partial charge in [0.15, 0.2) is 0 Å². The van der Waals surface area contributed by atoms with E-state index in [2.05, 4.69) is 39.8 Å². The number of nitrogens with one attached hydrogen (secondary N) is 1. The molecule has 6 nitrogen and oxygen atoms in total. The fourth-order valence-electron chi connectivity index (χ4n) is 4.09. The van der Waals surface area contributed by atoms with Crippen LogP contribution < -0.4 is 5.56 Å².